The average Bonchev–Trinajstić information content (AvgIpc) is 2.75. The van der Waals surface area contributed by atoms with Crippen LogP contribution in [-0.4, -0.2) is 50.4 Å². The van der Waals surface area contributed by atoms with Gasteiger partial charge in [-0.05, 0) is 36.1 Å². The first-order chi connectivity index (χ1) is 14.0. The zero-order valence-corrected chi connectivity index (χ0v) is 17.6. The quantitative estimate of drug-likeness (QED) is 0.565. The van der Waals surface area contributed by atoms with Crippen molar-refractivity contribution in [1.82, 2.24) is 0 Å². The van der Waals surface area contributed by atoms with Crippen LogP contribution >= 0.6 is 0 Å². The molecule has 0 aromatic heterocycles. The van der Waals surface area contributed by atoms with E-state index in [-0.39, 0.29) is 18.6 Å². The normalized spacial score (nSPS) is 15.4. The molecule has 0 bridgehead atoms. The third kappa shape index (κ3) is 6.44. The lowest BCUT2D eigenvalue weighted by atomic mass is 9.90. The first kappa shape index (κ1) is 23.2. The highest BCUT2D eigenvalue weighted by Gasteiger charge is 2.28. The summed E-state index contributed by atoms with van der Waals surface area (Å²) < 4.78 is 22.3. The van der Waals surface area contributed by atoms with Crippen LogP contribution < -0.4 is 9.47 Å². The first-order valence-electron chi connectivity index (χ1n) is 9.73. The Hall–Kier alpha value is -2.12. The van der Waals surface area contributed by atoms with Crippen LogP contribution in [0.4, 0.5) is 0 Å². The van der Waals surface area contributed by atoms with Crippen molar-refractivity contribution in [1.29, 1.82) is 0 Å². The van der Waals surface area contributed by atoms with E-state index in [4.69, 9.17) is 18.9 Å². The summed E-state index contributed by atoms with van der Waals surface area (Å²) >= 11 is 0. The van der Waals surface area contributed by atoms with Crippen LogP contribution in [0.3, 0.4) is 0 Å². The molecule has 6 nitrogen and oxygen atoms in total. The van der Waals surface area contributed by atoms with Gasteiger partial charge in [0, 0.05) is 12.7 Å². The second-order valence-corrected chi connectivity index (χ2v) is 7.06. The van der Waals surface area contributed by atoms with Gasteiger partial charge in [0.15, 0.2) is 0 Å². The highest BCUT2D eigenvalue weighted by molar-refractivity contribution is 5.42. The number of aliphatic hydroxyl groups excluding tert-OH is 2. The summed E-state index contributed by atoms with van der Waals surface area (Å²) in [5.74, 6) is 1.33. The number of aliphatic hydroxyl groups is 2. The fraction of sp³-hybridized carbons (Fsp3) is 0.478. The van der Waals surface area contributed by atoms with Crippen molar-refractivity contribution >= 4 is 0 Å². The standard InChI is InChI=1S/C23H32O6/c1-16(23(28-4)19-13-18(26-2)10-11-21(19)27-3)12-20(25)22(14-24)29-15-17-8-6-5-7-9-17/h5-11,13,16,20,22-25H,12,14-15H2,1-4H3/t16-,20+,22+,23+/m0/s1. The first-order valence-corrected chi connectivity index (χ1v) is 9.73. The summed E-state index contributed by atoms with van der Waals surface area (Å²) in [6, 6.07) is 15.2. The summed E-state index contributed by atoms with van der Waals surface area (Å²) in [5, 5.41) is 20.4. The monoisotopic (exact) mass is 404 g/mol. The molecule has 0 spiro atoms. The Morgan fingerprint density at radius 3 is 2.28 bits per heavy atom. The van der Waals surface area contributed by atoms with E-state index in [1.807, 2.05) is 55.5 Å². The van der Waals surface area contributed by atoms with Gasteiger partial charge >= 0.3 is 0 Å². The predicted molar refractivity (Wildman–Crippen MR) is 111 cm³/mol. The van der Waals surface area contributed by atoms with Crippen LogP contribution in [0.5, 0.6) is 11.5 Å². The van der Waals surface area contributed by atoms with Crippen molar-refractivity contribution in [3.63, 3.8) is 0 Å². The van der Waals surface area contributed by atoms with E-state index < -0.39 is 12.2 Å². The molecule has 0 radical (unpaired) electrons. The number of methoxy groups -OCH3 is 3. The zero-order valence-electron chi connectivity index (χ0n) is 17.6. The molecule has 0 heterocycles. The lowest BCUT2D eigenvalue weighted by Crippen LogP contribution is -2.34. The maximum Gasteiger partial charge on any atom is 0.124 e. The molecule has 0 saturated carbocycles. The zero-order chi connectivity index (χ0) is 21.2. The van der Waals surface area contributed by atoms with E-state index in [0.717, 1.165) is 11.1 Å². The van der Waals surface area contributed by atoms with Crippen molar-refractivity contribution < 1.29 is 29.2 Å². The molecule has 0 unspecified atom stereocenters. The van der Waals surface area contributed by atoms with Crippen molar-refractivity contribution in [2.45, 2.75) is 38.3 Å². The molecule has 0 saturated heterocycles. The molecule has 160 valence electrons. The minimum absolute atomic E-state index is 0.0645. The van der Waals surface area contributed by atoms with Crippen LogP contribution in [0.2, 0.25) is 0 Å². The van der Waals surface area contributed by atoms with E-state index in [1.165, 1.54) is 0 Å². The second-order valence-electron chi connectivity index (χ2n) is 7.06. The van der Waals surface area contributed by atoms with Gasteiger partial charge in [-0.25, -0.2) is 0 Å². The Labute approximate surface area is 173 Å². The molecule has 2 aromatic carbocycles. The van der Waals surface area contributed by atoms with E-state index >= 15 is 0 Å². The van der Waals surface area contributed by atoms with Crippen molar-refractivity contribution in [2.75, 3.05) is 27.9 Å². The summed E-state index contributed by atoms with van der Waals surface area (Å²) in [5.41, 5.74) is 1.84. The largest absolute Gasteiger partial charge is 0.497 e. The molecule has 2 rings (SSSR count). The number of rotatable bonds is 12. The van der Waals surface area contributed by atoms with Crippen LogP contribution in [0.15, 0.2) is 48.5 Å². The van der Waals surface area contributed by atoms with Gasteiger partial charge in [0.25, 0.3) is 0 Å². The summed E-state index contributed by atoms with van der Waals surface area (Å²) in [7, 11) is 4.84. The molecule has 0 aliphatic carbocycles. The fourth-order valence-electron chi connectivity index (χ4n) is 3.45. The lowest BCUT2D eigenvalue weighted by molar-refractivity contribution is -0.0842. The van der Waals surface area contributed by atoms with Crippen LogP contribution in [0.1, 0.15) is 30.6 Å². The van der Waals surface area contributed by atoms with Gasteiger partial charge in [-0.3, -0.25) is 0 Å². The fourth-order valence-corrected chi connectivity index (χ4v) is 3.45. The summed E-state index contributed by atoms with van der Waals surface area (Å²) in [4.78, 5) is 0. The smallest absolute Gasteiger partial charge is 0.124 e. The van der Waals surface area contributed by atoms with Crippen molar-refractivity contribution in [3.8, 4) is 11.5 Å². The third-order valence-electron chi connectivity index (χ3n) is 5.04. The maximum absolute atomic E-state index is 10.7. The van der Waals surface area contributed by atoms with Gasteiger partial charge in [0.1, 0.15) is 17.6 Å². The molecule has 4 atom stereocenters. The molecule has 0 fully saturated rings. The summed E-state index contributed by atoms with van der Waals surface area (Å²) in [6.45, 7) is 2.05. The van der Waals surface area contributed by atoms with Gasteiger partial charge in [-0.15, -0.1) is 0 Å². The Kier molecular flexibility index (Phi) is 9.41. The van der Waals surface area contributed by atoms with Gasteiger partial charge in [-0.2, -0.15) is 0 Å². The van der Waals surface area contributed by atoms with E-state index in [0.29, 0.717) is 24.5 Å². The number of hydrogen-bond acceptors (Lipinski definition) is 6. The molecule has 6 heteroatoms. The Bertz CT molecular complexity index is 721. The van der Waals surface area contributed by atoms with E-state index in [1.54, 1.807) is 21.3 Å². The van der Waals surface area contributed by atoms with Gasteiger partial charge in [0.2, 0.25) is 0 Å². The lowest BCUT2D eigenvalue weighted by Gasteiger charge is -2.29. The molecule has 0 amide bonds. The molecular weight excluding hydrogens is 372 g/mol. The van der Waals surface area contributed by atoms with Gasteiger partial charge < -0.3 is 29.2 Å². The molecule has 29 heavy (non-hydrogen) atoms. The van der Waals surface area contributed by atoms with Crippen LogP contribution in [-0.2, 0) is 16.1 Å². The molecule has 0 aliphatic rings. The number of benzene rings is 2. The predicted octanol–water partition coefficient (Wildman–Crippen LogP) is 3.36. The van der Waals surface area contributed by atoms with E-state index in [2.05, 4.69) is 0 Å². The number of hydrogen-bond donors (Lipinski definition) is 2. The van der Waals surface area contributed by atoms with Gasteiger partial charge in [-0.1, -0.05) is 37.3 Å². The second kappa shape index (κ2) is 11.8. The SMILES string of the molecule is COc1ccc(OC)c([C@H](OC)[C@@H](C)C[C@@H](O)[C@@H](CO)OCc2ccccc2)c1. The molecule has 2 aromatic rings. The van der Waals surface area contributed by atoms with Crippen LogP contribution in [0, 0.1) is 5.92 Å². The van der Waals surface area contributed by atoms with Gasteiger partial charge in [0.05, 0.1) is 39.6 Å². The number of ether oxygens (including phenoxy) is 4. The molecule has 0 aliphatic heterocycles. The highest BCUT2D eigenvalue weighted by atomic mass is 16.5. The molecule has 2 N–H and O–H groups in total. The Morgan fingerprint density at radius 2 is 1.69 bits per heavy atom. The minimum Gasteiger partial charge on any atom is -0.497 e. The van der Waals surface area contributed by atoms with Crippen LogP contribution in [0.25, 0.3) is 0 Å². The van der Waals surface area contributed by atoms with Crippen molar-refractivity contribution in [2.24, 2.45) is 5.92 Å². The summed E-state index contributed by atoms with van der Waals surface area (Å²) in [6.07, 6.45) is -1.45. The highest BCUT2D eigenvalue weighted by Crippen LogP contribution is 2.37. The third-order valence-corrected chi connectivity index (χ3v) is 5.04. The maximum atomic E-state index is 10.7. The Morgan fingerprint density at radius 1 is 0.966 bits per heavy atom. The average molecular weight is 405 g/mol. The van der Waals surface area contributed by atoms with Crippen molar-refractivity contribution in [3.05, 3.63) is 59.7 Å². The van der Waals surface area contributed by atoms with E-state index in [9.17, 15) is 10.2 Å². The Balaban J connectivity index is 2.06. The topological polar surface area (TPSA) is 77.4 Å². The molecular formula is C23H32O6. The minimum atomic E-state index is -0.840.